The highest BCUT2D eigenvalue weighted by molar-refractivity contribution is 7.09. The molecule has 0 spiro atoms. The molecule has 0 unspecified atom stereocenters. The first-order valence-electron chi connectivity index (χ1n) is 8.13. The van der Waals surface area contributed by atoms with E-state index >= 15 is 0 Å². The van der Waals surface area contributed by atoms with Gasteiger partial charge in [-0.05, 0) is 23.9 Å². The summed E-state index contributed by atoms with van der Waals surface area (Å²) < 4.78 is 5.17. The van der Waals surface area contributed by atoms with Gasteiger partial charge in [0.15, 0.2) is 0 Å². The Bertz CT molecular complexity index is 1030. The summed E-state index contributed by atoms with van der Waals surface area (Å²) in [6, 6.07) is 10.4. The van der Waals surface area contributed by atoms with E-state index in [1.54, 1.807) is 6.07 Å². The molecule has 1 aliphatic heterocycles. The fourth-order valence-corrected chi connectivity index (χ4v) is 3.47. The van der Waals surface area contributed by atoms with Crippen LogP contribution in [0.3, 0.4) is 0 Å². The van der Waals surface area contributed by atoms with Crippen molar-refractivity contribution in [2.24, 2.45) is 0 Å². The van der Waals surface area contributed by atoms with E-state index in [0.29, 0.717) is 5.82 Å². The average Bonchev–Trinajstić information content (AvgIpc) is 3.38. The number of urea groups is 1. The number of aryl methyl sites for hydroxylation is 1. The van der Waals surface area contributed by atoms with Gasteiger partial charge in [0.1, 0.15) is 6.54 Å². The summed E-state index contributed by atoms with van der Waals surface area (Å²) in [4.78, 5) is 43.7. The van der Waals surface area contributed by atoms with Gasteiger partial charge in [-0.1, -0.05) is 35.5 Å². The maximum atomic E-state index is 12.5. The van der Waals surface area contributed by atoms with Gasteiger partial charge in [-0.3, -0.25) is 14.5 Å². The lowest BCUT2D eigenvalue weighted by molar-refractivity contribution is -0.143. The number of imide groups is 2. The number of thiophene rings is 1. The number of carbonyl (C=O) groups is 3. The second kappa shape index (κ2) is 6.76. The van der Waals surface area contributed by atoms with E-state index in [9.17, 15) is 14.4 Å². The van der Waals surface area contributed by atoms with Crippen molar-refractivity contribution in [2.75, 3.05) is 0 Å². The summed E-state index contributed by atoms with van der Waals surface area (Å²) in [5.41, 5.74) is 1.76. The van der Waals surface area contributed by atoms with Gasteiger partial charge in [0, 0.05) is 10.4 Å². The number of carbonyl (C=O) groups excluding carboxylic acids is 3. The molecule has 4 rings (SSSR count). The fourth-order valence-electron chi connectivity index (χ4n) is 2.78. The van der Waals surface area contributed by atoms with Gasteiger partial charge >= 0.3 is 17.8 Å². The Morgan fingerprint density at radius 1 is 1.00 bits per heavy atom. The SMILES string of the molecule is Cc1ccccc1-c1noc(CN2C(=O)C(=O)N(Cc3cccs3)C2=O)n1. The lowest BCUT2D eigenvalue weighted by atomic mass is 10.1. The Hall–Kier alpha value is -3.33. The van der Waals surface area contributed by atoms with Gasteiger partial charge in [0.2, 0.25) is 11.7 Å². The second-order valence-electron chi connectivity index (χ2n) is 5.97. The van der Waals surface area contributed by atoms with Crippen LogP contribution in [0.15, 0.2) is 46.3 Å². The number of benzene rings is 1. The minimum absolute atomic E-state index is 0.0653. The zero-order chi connectivity index (χ0) is 19.0. The maximum Gasteiger partial charge on any atom is 0.335 e. The minimum Gasteiger partial charge on any atom is -0.337 e. The molecule has 1 fully saturated rings. The lowest BCUT2D eigenvalue weighted by Gasteiger charge is -2.13. The molecule has 8 nitrogen and oxygen atoms in total. The zero-order valence-electron chi connectivity index (χ0n) is 14.3. The Kier molecular flexibility index (Phi) is 4.28. The molecule has 0 saturated carbocycles. The molecule has 0 radical (unpaired) electrons. The molecule has 2 aromatic heterocycles. The molecule has 9 heteroatoms. The van der Waals surface area contributed by atoms with Gasteiger partial charge in [0.05, 0.1) is 6.54 Å². The third kappa shape index (κ3) is 3.13. The van der Waals surface area contributed by atoms with E-state index in [4.69, 9.17) is 4.52 Å². The summed E-state index contributed by atoms with van der Waals surface area (Å²) in [5, 5.41) is 5.74. The van der Waals surface area contributed by atoms with Crippen LogP contribution in [0.5, 0.6) is 0 Å². The van der Waals surface area contributed by atoms with E-state index < -0.39 is 17.8 Å². The van der Waals surface area contributed by atoms with Crippen LogP contribution >= 0.6 is 11.3 Å². The van der Waals surface area contributed by atoms with Crippen LogP contribution in [-0.2, 0) is 22.7 Å². The molecule has 0 N–H and O–H groups in total. The maximum absolute atomic E-state index is 12.5. The van der Waals surface area contributed by atoms with Gasteiger partial charge < -0.3 is 4.52 Å². The van der Waals surface area contributed by atoms with Crippen molar-refractivity contribution in [3.05, 3.63) is 58.1 Å². The van der Waals surface area contributed by atoms with Gasteiger partial charge in [-0.2, -0.15) is 4.98 Å². The molecular formula is C18H14N4O4S. The summed E-state index contributed by atoms with van der Waals surface area (Å²) in [7, 11) is 0. The molecule has 0 bridgehead atoms. The van der Waals surface area contributed by atoms with Crippen LogP contribution in [0.1, 0.15) is 16.3 Å². The Morgan fingerprint density at radius 2 is 1.74 bits per heavy atom. The second-order valence-corrected chi connectivity index (χ2v) is 7.00. The van der Waals surface area contributed by atoms with Crippen LogP contribution < -0.4 is 0 Å². The van der Waals surface area contributed by atoms with Crippen LogP contribution in [0.4, 0.5) is 4.79 Å². The van der Waals surface area contributed by atoms with Crippen molar-refractivity contribution in [3.8, 4) is 11.4 Å². The summed E-state index contributed by atoms with van der Waals surface area (Å²) in [5.74, 6) is -1.30. The van der Waals surface area contributed by atoms with Gasteiger partial charge in [-0.25, -0.2) is 9.69 Å². The zero-order valence-corrected chi connectivity index (χ0v) is 15.1. The third-order valence-corrected chi connectivity index (χ3v) is 5.04. The molecule has 27 heavy (non-hydrogen) atoms. The number of aromatic nitrogens is 2. The smallest absolute Gasteiger partial charge is 0.335 e. The molecule has 1 aliphatic rings. The Balaban J connectivity index is 1.53. The van der Waals surface area contributed by atoms with Crippen LogP contribution in [0, 0.1) is 6.92 Å². The van der Waals surface area contributed by atoms with Crippen LogP contribution in [0.2, 0.25) is 0 Å². The number of rotatable bonds is 5. The number of amides is 4. The predicted octanol–water partition coefficient (Wildman–Crippen LogP) is 2.60. The molecule has 3 heterocycles. The van der Waals surface area contributed by atoms with Crippen molar-refractivity contribution < 1.29 is 18.9 Å². The highest BCUT2D eigenvalue weighted by Gasteiger charge is 2.45. The lowest BCUT2D eigenvalue weighted by Crippen LogP contribution is -2.32. The van der Waals surface area contributed by atoms with Crippen LogP contribution in [-0.4, -0.2) is 37.8 Å². The van der Waals surface area contributed by atoms with Crippen molar-refractivity contribution >= 4 is 29.2 Å². The summed E-state index contributed by atoms with van der Waals surface area (Å²) in [6.45, 7) is 1.74. The van der Waals surface area contributed by atoms with Crippen molar-refractivity contribution in [1.29, 1.82) is 0 Å². The van der Waals surface area contributed by atoms with Crippen molar-refractivity contribution in [1.82, 2.24) is 19.9 Å². The molecule has 1 aromatic carbocycles. The van der Waals surface area contributed by atoms with E-state index in [1.807, 2.05) is 42.6 Å². The van der Waals surface area contributed by atoms with E-state index in [2.05, 4.69) is 10.1 Å². The summed E-state index contributed by atoms with van der Waals surface area (Å²) in [6.07, 6.45) is 0. The summed E-state index contributed by atoms with van der Waals surface area (Å²) >= 11 is 1.41. The first kappa shape index (κ1) is 17.1. The highest BCUT2D eigenvalue weighted by Crippen LogP contribution is 2.23. The normalized spacial score (nSPS) is 14.5. The Labute approximate surface area is 158 Å². The number of nitrogens with zero attached hydrogens (tertiary/aromatic N) is 4. The molecule has 4 amide bonds. The number of hydrogen-bond donors (Lipinski definition) is 0. The van der Waals surface area contributed by atoms with Crippen molar-refractivity contribution in [2.45, 2.75) is 20.0 Å². The third-order valence-electron chi connectivity index (χ3n) is 4.18. The van der Waals surface area contributed by atoms with E-state index in [-0.39, 0.29) is 19.0 Å². The van der Waals surface area contributed by atoms with E-state index in [1.165, 1.54) is 11.3 Å². The fraction of sp³-hybridized carbons (Fsp3) is 0.167. The Morgan fingerprint density at radius 3 is 2.44 bits per heavy atom. The molecule has 0 aliphatic carbocycles. The highest BCUT2D eigenvalue weighted by atomic mass is 32.1. The molecule has 3 aromatic rings. The molecule has 0 atom stereocenters. The van der Waals surface area contributed by atoms with Crippen molar-refractivity contribution in [3.63, 3.8) is 0 Å². The van der Waals surface area contributed by atoms with E-state index in [0.717, 1.165) is 25.8 Å². The quantitative estimate of drug-likeness (QED) is 0.497. The van der Waals surface area contributed by atoms with Gasteiger partial charge in [0.25, 0.3) is 0 Å². The minimum atomic E-state index is -0.896. The topological polar surface area (TPSA) is 96.6 Å². The number of hydrogen-bond acceptors (Lipinski definition) is 7. The molecule has 136 valence electrons. The standard InChI is InChI=1S/C18H14N4O4S/c1-11-5-2-3-7-13(11)15-19-14(26-20-15)10-22-17(24)16(23)21(18(22)25)9-12-6-4-8-27-12/h2-8H,9-10H2,1H3. The molecule has 1 saturated heterocycles. The van der Waals surface area contributed by atoms with Gasteiger partial charge in [-0.15, -0.1) is 11.3 Å². The first-order chi connectivity index (χ1) is 13.0. The first-order valence-corrected chi connectivity index (χ1v) is 9.01. The van der Waals surface area contributed by atoms with Crippen LogP contribution in [0.25, 0.3) is 11.4 Å². The molecular weight excluding hydrogens is 368 g/mol. The predicted molar refractivity (Wildman–Crippen MR) is 95.3 cm³/mol. The largest absolute Gasteiger partial charge is 0.337 e. The monoisotopic (exact) mass is 382 g/mol. The average molecular weight is 382 g/mol.